The lowest BCUT2D eigenvalue weighted by molar-refractivity contribution is 0.381. The molecule has 2 fully saturated rings. The summed E-state index contributed by atoms with van der Waals surface area (Å²) in [7, 11) is 1.49. The first-order chi connectivity index (χ1) is 17.5. The van der Waals surface area contributed by atoms with Crippen LogP contribution in [-0.4, -0.2) is 47.4 Å². The molecule has 36 heavy (non-hydrogen) atoms. The highest BCUT2D eigenvalue weighted by molar-refractivity contribution is 6.35. The van der Waals surface area contributed by atoms with E-state index in [0.29, 0.717) is 28.9 Å². The monoisotopic (exact) mass is 506 g/mol. The van der Waals surface area contributed by atoms with Gasteiger partial charge in [-0.3, -0.25) is 0 Å². The maximum Gasteiger partial charge on any atom is 0.318 e. The second-order valence-corrected chi connectivity index (χ2v) is 10.1. The van der Waals surface area contributed by atoms with Crippen molar-refractivity contribution < 1.29 is 14.2 Å². The average Bonchev–Trinajstić information content (AvgIpc) is 3.21. The molecule has 2 aliphatic heterocycles. The SMILES string of the molecule is CCc1cccc2cc(O)cc(-c3c(Cl)cc4c(N5CC[C@H]6CC[C@@H](C5)N6)nc(OC)nc4c3F)c12. The van der Waals surface area contributed by atoms with Gasteiger partial charge in [-0.1, -0.05) is 36.7 Å². The van der Waals surface area contributed by atoms with Gasteiger partial charge in [0.05, 0.1) is 12.1 Å². The van der Waals surface area contributed by atoms with E-state index in [1.807, 2.05) is 18.2 Å². The molecule has 0 unspecified atom stereocenters. The second kappa shape index (κ2) is 9.05. The fourth-order valence-electron chi connectivity index (χ4n) is 5.86. The van der Waals surface area contributed by atoms with Gasteiger partial charge in [-0.25, -0.2) is 4.39 Å². The molecule has 4 aromatic rings. The number of halogens is 2. The van der Waals surface area contributed by atoms with Gasteiger partial charge in [-0.2, -0.15) is 9.97 Å². The van der Waals surface area contributed by atoms with Gasteiger partial charge in [0.2, 0.25) is 0 Å². The van der Waals surface area contributed by atoms with Crippen molar-refractivity contribution in [3.8, 4) is 22.9 Å². The summed E-state index contributed by atoms with van der Waals surface area (Å²) in [6.45, 7) is 3.64. The van der Waals surface area contributed by atoms with Crippen LogP contribution in [0.5, 0.6) is 11.8 Å². The first kappa shape index (κ1) is 23.3. The number of phenolic OH excluding ortho intramolecular Hbond substituents is 1. The molecule has 3 aromatic carbocycles. The van der Waals surface area contributed by atoms with Gasteiger partial charge in [0, 0.05) is 36.1 Å². The maximum atomic E-state index is 16.5. The van der Waals surface area contributed by atoms with Gasteiger partial charge in [0.15, 0.2) is 5.82 Å². The molecule has 2 bridgehead atoms. The fourth-order valence-corrected chi connectivity index (χ4v) is 6.15. The third-order valence-corrected chi connectivity index (χ3v) is 7.84. The minimum Gasteiger partial charge on any atom is -0.508 e. The lowest BCUT2D eigenvalue weighted by Crippen LogP contribution is -2.35. The molecule has 8 heteroatoms. The number of rotatable bonds is 4. The normalized spacial score (nSPS) is 19.7. The van der Waals surface area contributed by atoms with Gasteiger partial charge in [0.25, 0.3) is 0 Å². The standard InChI is InChI=1S/C28H28ClFN4O2/c1-3-15-5-4-6-16-11-19(35)12-20(23(15)16)24-22(29)13-21-26(25(24)30)32-28(36-2)33-27(21)34-10-9-17-7-8-18(14-34)31-17/h4-6,11-13,17-18,31,35H,3,7-10,14H2,1-2H3/t17-,18+/m1/s1. The summed E-state index contributed by atoms with van der Waals surface area (Å²) in [5, 5.41) is 16.7. The van der Waals surface area contributed by atoms with E-state index in [4.69, 9.17) is 16.3 Å². The Hall–Kier alpha value is -3.16. The summed E-state index contributed by atoms with van der Waals surface area (Å²) in [6, 6.07) is 11.9. The number of ether oxygens (including phenoxy) is 1. The third-order valence-electron chi connectivity index (χ3n) is 7.55. The molecule has 0 aliphatic carbocycles. The lowest BCUT2D eigenvalue weighted by Gasteiger charge is -2.27. The number of methoxy groups -OCH3 is 1. The zero-order valence-electron chi connectivity index (χ0n) is 20.3. The summed E-state index contributed by atoms with van der Waals surface area (Å²) in [5.74, 6) is 0.134. The number of aryl methyl sites for hydroxylation is 1. The zero-order chi connectivity index (χ0) is 25.0. The molecule has 2 saturated heterocycles. The van der Waals surface area contributed by atoms with Crippen molar-refractivity contribution in [3.05, 3.63) is 52.8 Å². The van der Waals surface area contributed by atoms with E-state index in [0.717, 1.165) is 48.7 Å². The molecule has 6 rings (SSSR count). The summed E-state index contributed by atoms with van der Waals surface area (Å²) in [6.07, 6.45) is 4.06. The lowest BCUT2D eigenvalue weighted by atomic mass is 9.92. The summed E-state index contributed by atoms with van der Waals surface area (Å²) in [5.41, 5.74) is 1.96. The molecule has 2 N–H and O–H groups in total. The molecule has 0 amide bonds. The van der Waals surface area contributed by atoms with E-state index < -0.39 is 5.82 Å². The number of fused-ring (bicyclic) bond motifs is 4. The molecular weight excluding hydrogens is 479 g/mol. The van der Waals surface area contributed by atoms with Gasteiger partial charge in [0.1, 0.15) is 17.1 Å². The quantitative estimate of drug-likeness (QED) is 0.362. The van der Waals surface area contributed by atoms with Crippen molar-refractivity contribution in [2.45, 2.75) is 44.7 Å². The van der Waals surface area contributed by atoms with E-state index in [1.165, 1.54) is 13.5 Å². The van der Waals surface area contributed by atoms with Crippen LogP contribution < -0.4 is 15.0 Å². The number of benzene rings is 3. The Morgan fingerprint density at radius 2 is 2.00 bits per heavy atom. The van der Waals surface area contributed by atoms with Gasteiger partial charge < -0.3 is 20.1 Å². The number of phenols is 1. The first-order valence-corrected chi connectivity index (χ1v) is 12.8. The molecule has 0 saturated carbocycles. The van der Waals surface area contributed by atoms with Crippen LogP contribution in [0.2, 0.25) is 5.02 Å². The van der Waals surface area contributed by atoms with Crippen LogP contribution in [0, 0.1) is 5.82 Å². The number of nitrogens with zero attached hydrogens (tertiary/aromatic N) is 3. The van der Waals surface area contributed by atoms with Gasteiger partial charge >= 0.3 is 6.01 Å². The molecular formula is C28H28ClFN4O2. The highest BCUT2D eigenvalue weighted by Gasteiger charge is 2.31. The van der Waals surface area contributed by atoms with Crippen LogP contribution in [-0.2, 0) is 6.42 Å². The molecule has 2 atom stereocenters. The molecule has 3 heterocycles. The maximum absolute atomic E-state index is 16.5. The predicted octanol–water partition coefficient (Wildman–Crippen LogP) is 5.85. The minimum absolute atomic E-state index is 0.0504. The van der Waals surface area contributed by atoms with Gasteiger partial charge in [-0.05, 0) is 65.8 Å². The van der Waals surface area contributed by atoms with Gasteiger partial charge in [-0.15, -0.1) is 0 Å². The van der Waals surface area contributed by atoms with Crippen molar-refractivity contribution in [2.75, 3.05) is 25.1 Å². The Labute approximate surface area is 214 Å². The molecule has 0 radical (unpaired) electrons. The highest BCUT2D eigenvalue weighted by Crippen LogP contribution is 2.43. The zero-order valence-corrected chi connectivity index (χ0v) is 21.1. The van der Waals surface area contributed by atoms with E-state index >= 15 is 4.39 Å². The fraction of sp³-hybridized carbons (Fsp3) is 0.357. The van der Waals surface area contributed by atoms with Crippen molar-refractivity contribution in [3.63, 3.8) is 0 Å². The Balaban J connectivity index is 1.60. The Kier molecular flexibility index (Phi) is 5.85. The van der Waals surface area contributed by atoms with Crippen LogP contribution in [0.25, 0.3) is 32.8 Å². The average molecular weight is 507 g/mol. The van der Waals surface area contributed by atoms with E-state index in [1.54, 1.807) is 18.2 Å². The number of nitrogens with one attached hydrogen (secondary N) is 1. The largest absolute Gasteiger partial charge is 0.508 e. The van der Waals surface area contributed by atoms with Crippen LogP contribution in [0.15, 0.2) is 36.4 Å². The van der Waals surface area contributed by atoms with Crippen molar-refractivity contribution in [1.82, 2.24) is 15.3 Å². The van der Waals surface area contributed by atoms with E-state index in [9.17, 15) is 5.11 Å². The Morgan fingerprint density at radius 1 is 1.17 bits per heavy atom. The van der Waals surface area contributed by atoms with Crippen LogP contribution >= 0.6 is 11.6 Å². The summed E-state index contributed by atoms with van der Waals surface area (Å²) in [4.78, 5) is 11.3. The molecule has 186 valence electrons. The summed E-state index contributed by atoms with van der Waals surface area (Å²) < 4.78 is 21.9. The first-order valence-electron chi connectivity index (χ1n) is 12.5. The molecule has 6 nitrogen and oxygen atoms in total. The second-order valence-electron chi connectivity index (χ2n) is 9.71. The number of aromatic hydroxyl groups is 1. The van der Waals surface area contributed by atoms with Crippen molar-refractivity contribution in [2.24, 2.45) is 0 Å². The highest BCUT2D eigenvalue weighted by atomic mass is 35.5. The predicted molar refractivity (Wildman–Crippen MR) is 142 cm³/mol. The van der Waals surface area contributed by atoms with Crippen LogP contribution in [0.4, 0.5) is 10.2 Å². The number of hydrogen-bond donors (Lipinski definition) is 2. The minimum atomic E-state index is -0.549. The number of anilines is 1. The summed E-state index contributed by atoms with van der Waals surface area (Å²) >= 11 is 6.83. The van der Waals surface area contributed by atoms with E-state index in [2.05, 4.69) is 27.1 Å². The van der Waals surface area contributed by atoms with Crippen molar-refractivity contribution in [1.29, 1.82) is 0 Å². The molecule has 2 aliphatic rings. The van der Waals surface area contributed by atoms with Crippen LogP contribution in [0.3, 0.4) is 0 Å². The molecule has 1 aromatic heterocycles. The third kappa shape index (κ3) is 3.82. The van der Waals surface area contributed by atoms with E-state index in [-0.39, 0.29) is 27.9 Å². The van der Waals surface area contributed by atoms with Crippen molar-refractivity contribution >= 4 is 39.1 Å². The van der Waals surface area contributed by atoms with Crippen LogP contribution in [0.1, 0.15) is 31.7 Å². The molecule has 0 spiro atoms. The number of aromatic nitrogens is 2. The Bertz CT molecular complexity index is 1490. The smallest absolute Gasteiger partial charge is 0.318 e. The topological polar surface area (TPSA) is 70.5 Å². The number of hydrogen-bond acceptors (Lipinski definition) is 6. The Morgan fingerprint density at radius 3 is 2.81 bits per heavy atom.